The van der Waals surface area contributed by atoms with Gasteiger partial charge < -0.3 is 10.6 Å². The molecular weight excluding hydrogens is 291 g/mol. The summed E-state index contributed by atoms with van der Waals surface area (Å²) in [5.41, 5.74) is 0.0930. The van der Waals surface area contributed by atoms with Crippen LogP contribution < -0.4 is 10.6 Å². The Morgan fingerprint density at radius 2 is 1.89 bits per heavy atom. The first-order valence-electron chi connectivity index (χ1n) is 5.27. The van der Waals surface area contributed by atoms with Gasteiger partial charge in [0, 0.05) is 10.4 Å². The van der Waals surface area contributed by atoms with E-state index in [0.717, 1.165) is 0 Å². The van der Waals surface area contributed by atoms with Crippen LogP contribution in [0.5, 0.6) is 0 Å². The number of benzene rings is 1. The van der Waals surface area contributed by atoms with Gasteiger partial charge in [0.1, 0.15) is 0 Å². The first-order chi connectivity index (χ1) is 8.20. The van der Waals surface area contributed by atoms with Crippen LogP contribution in [-0.4, -0.2) is 11.0 Å². The van der Waals surface area contributed by atoms with Crippen LogP contribution in [0.1, 0.15) is 20.8 Å². The minimum Gasteiger partial charge on any atom is -0.331 e. The van der Waals surface area contributed by atoms with Gasteiger partial charge in [-0.1, -0.05) is 44.0 Å². The molecule has 0 aliphatic carbocycles. The maximum absolute atomic E-state index is 11.7. The van der Waals surface area contributed by atoms with Crippen molar-refractivity contribution in [2.45, 2.75) is 20.8 Å². The zero-order chi connectivity index (χ0) is 13.9. The number of carbonyl (C=O) groups excluding carboxylic acids is 1. The van der Waals surface area contributed by atoms with Gasteiger partial charge >= 0.3 is 0 Å². The molecule has 0 heterocycles. The van der Waals surface area contributed by atoms with Crippen LogP contribution in [0.3, 0.4) is 0 Å². The molecule has 0 fully saturated rings. The number of rotatable bonds is 1. The Morgan fingerprint density at radius 1 is 1.28 bits per heavy atom. The van der Waals surface area contributed by atoms with Crippen LogP contribution in [0.25, 0.3) is 0 Å². The number of anilines is 1. The Kier molecular flexibility index (Phi) is 4.96. The van der Waals surface area contributed by atoms with Crippen molar-refractivity contribution in [2.24, 2.45) is 5.41 Å². The lowest BCUT2D eigenvalue weighted by atomic mass is 9.96. The second-order valence-corrected chi connectivity index (χ2v) is 6.03. The maximum Gasteiger partial charge on any atom is 0.231 e. The molecule has 0 bridgehead atoms. The lowest BCUT2D eigenvalue weighted by Gasteiger charge is -2.18. The van der Waals surface area contributed by atoms with Crippen molar-refractivity contribution in [3.05, 3.63) is 28.2 Å². The normalized spacial score (nSPS) is 10.9. The standard InChI is InChI=1S/C12H14Cl2N2OS/c1-12(2,3)10(17)16-11(18)15-9-5-4-7(13)6-8(9)14/h4-6H,1-3H3,(H2,15,16,17,18). The molecule has 0 spiro atoms. The number of halogens is 2. The zero-order valence-corrected chi connectivity index (χ0v) is 12.6. The van der Waals surface area contributed by atoms with E-state index < -0.39 is 5.41 Å². The third-order valence-electron chi connectivity index (χ3n) is 2.09. The number of hydrogen-bond acceptors (Lipinski definition) is 2. The lowest BCUT2D eigenvalue weighted by molar-refractivity contribution is -0.126. The molecule has 0 aromatic heterocycles. The molecule has 1 aromatic rings. The van der Waals surface area contributed by atoms with E-state index in [2.05, 4.69) is 10.6 Å². The molecule has 6 heteroatoms. The Hall–Kier alpha value is -0.840. The highest BCUT2D eigenvalue weighted by molar-refractivity contribution is 7.80. The summed E-state index contributed by atoms with van der Waals surface area (Å²) in [5, 5.41) is 6.63. The van der Waals surface area contributed by atoms with Gasteiger partial charge in [0.05, 0.1) is 10.7 Å². The van der Waals surface area contributed by atoms with Crippen molar-refractivity contribution >= 4 is 52.1 Å². The summed E-state index contributed by atoms with van der Waals surface area (Å²) in [6.07, 6.45) is 0. The smallest absolute Gasteiger partial charge is 0.231 e. The summed E-state index contributed by atoms with van der Waals surface area (Å²) in [5.74, 6) is -0.162. The molecule has 0 radical (unpaired) electrons. The van der Waals surface area contributed by atoms with Gasteiger partial charge in [-0.2, -0.15) is 0 Å². The fraction of sp³-hybridized carbons (Fsp3) is 0.333. The van der Waals surface area contributed by atoms with Crippen LogP contribution in [-0.2, 0) is 4.79 Å². The first-order valence-corrected chi connectivity index (χ1v) is 6.44. The Labute approximate surface area is 122 Å². The Morgan fingerprint density at radius 3 is 2.39 bits per heavy atom. The van der Waals surface area contributed by atoms with E-state index in [4.69, 9.17) is 35.4 Å². The topological polar surface area (TPSA) is 41.1 Å². The summed E-state index contributed by atoms with van der Waals surface area (Å²) < 4.78 is 0. The van der Waals surface area contributed by atoms with Crippen LogP contribution in [0.15, 0.2) is 18.2 Å². The van der Waals surface area contributed by atoms with E-state index in [1.807, 2.05) is 0 Å². The highest BCUT2D eigenvalue weighted by Crippen LogP contribution is 2.25. The predicted octanol–water partition coefficient (Wildman–Crippen LogP) is 3.85. The SMILES string of the molecule is CC(C)(C)C(=O)NC(=S)Nc1ccc(Cl)cc1Cl. The highest BCUT2D eigenvalue weighted by atomic mass is 35.5. The van der Waals surface area contributed by atoms with Gasteiger partial charge in [-0.05, 0) is 30.4 Å². The second-order valence-electron chi connectivity index (χ2n) is 4.78. The molecule has 0 aliphatic rings. The largest absolute Gasteiger partial charge is 0.331 e. The number of hydrogen-bond donors (Lipinski definition) is 2. The summed E-state index contributed by atoms with van der Waals surface area (Å²) in [4.78, 5) is 11.7. The summed E-state index contributed by atoms with van der Waals surface area (Å²) in [6.45, 7) is 5.42. The molecule has 0 atom stereocenters. The van der Waals surface area contributed by atoms with Crippen molar-refractivity contribution in [3.8, 4) is 0 Å². The van der Waals surface area contributed by atoms with Crippen molar-refractivity contribution in [1.29, 1.82) is 0 Å². The van der Waals surface area contributed by atoms with Gasteiger partial charge in [-0.15, -0.1) is 0 Å². The fourth-order valence-corrected chi connectivity index (χ4v) is 1.69. The predicted molar refractivity (Wildman–Crippen MR) is 80.3 cm³/mol. The molecule has 1 amide bonds. The van der Waals surface area contributed by atoms with Gasteiger partial charge in [0.25, 0.3) is 0 Å². The average Bonchev–Trinajstić information content (AvgIpc) is 2.20. The summed E-state index contributed by atoms with van der Waals surface area (Å²) in [6, 6.07) is 4.98. The van der Waals surface area contributed by atoms with Crippen LogP contribution in [0.2, 0.25) is 10.0 Å². The van der Waals surface area contributed by atoms with Gasteiger partial charge in [-0.25, -0.2) is 0 Å². The molecule has 3 nitrogen and oxygen atoms in total. The lowest BCUT2D eigenvalue weighted by Crippen LogP contribution is -2.41. The van der Waals surface area contributed by atoms with Gasteiger partial charge in [-0.3, -0.25) is 4.79 Å². The van der Waals surface area contributed by atoms with E-state index in [1.54, 1.807) is 39.0 Å². The molecule has 0 unspecified atom stereocenters. The Balaban J connectivity index is 2.68. The first kappa shape index (κ1) is 15.2. The molecule has 0 saturated heterocycles. The monoisotopic (exact) mass is 304 g/mol. The number of nitrogens with one attached hydrogen (secondary N) is 2. The molecule has 0 saturated carbocycles. The molecule has 98 valence electrons. The van der Waals surface area contributed by atoms with Crippen LogP contribution in [0, 0.1) is 5.41 Å². The number of amides is 1. The third-order valence-corrected chi connectivity index (χ3v) is 2.84. The minimum atomic E-state index is -0.504. The molecule has 2 N–H and O–H groups in total. The molecule has 1 aromatic carbocycles. The van der Waals surface area contributed by atoms with Crippen molar-refractivity contribution in [1.82, 2.24) is 5.32 Å². The zero-order valence-electron chi connectivity index (χ0n) is 10.3. The average molecular weight is 305 g/mol. The number of thiocarbonyl (C=S) groups is 1. The van der Waals surface area contributed by atoms with Crippen molar-refractivity contribution in [3.63, 3.8) is 0 Å². The van der Waals surface area contributed by atoms with Crippen molar-refractivity contribution in [2.75, 3.05) is 5.32 Å². The number of carbonyl (C=O) groups is 1. The van der Waals surface area contributed by atoms with Crippen LogP contribution in [0.4, 0.5) is 5.69 Å². The van der Waals surface area contributed by atoms with E-state index in [-0.39, 0.29) is 11.0 Å². The third kappa shape index (κ3) is 4.44. The van der Waals surface area contributed by atoms with E-state index in [9.17, 15) is 4.79 Å². The van der Waals surface area contributed by atoms with Crippen LogP contribution >= 0.6 is 35.4 Å². The fourth-order valence-electron chi connectivity index (χ4n) is 1.04. The molecular formula is C12H14Cl2N2OS. The maximum atomic E-state index is 11.7. The van der Waals surface area contributed by atoms with Gasteiger partial charge in [0.2, 0.25) is 5.91 Å². The molecule has 1 rings (SSSR count). The molecule has 0 aliphatic heterocycles. The van der Waals surface area contributed by atoms with Crippen molar-refractivity contribution < 1.29 is 4.79 Å². The van der Waals surface area contributed by atoms with E-state index >= 15 is 0 Å². The van der Waals surface area contributed by atoms with E-state index in [0.29, 0.717) is 15.7 Å². The summed E-state index contributed by atoms with van der Waals surface area (Å²) in [7, 11) is 0. The molecule has 18 heavy (non-hydrogen) atoms. The Bertz CT molecular complexity index is 483. The van der Waals surface area contributed by atoms with E-state index in [1.165, 1.54) is 0 Å². The minimum absolute atomic E-state index is 0.162. The van der Waals surface area contributed by atoms with Gasteiger partial charge in [0.15, 0.2) is 5.11 Å². The quantitative estimate of drug-likeness (QED) is 0.774. The highest BCUT2D eigenvalue weighted by Gasteiger charge is 2.22. The second kappa shape index (κ2) is 5.87. The summed E-state index contributed by atoms with van der Waals surface area (Å²) >= 11 is 16.8.